The third kappa shape index (κ3) is 1.55. The van der Waals surface area contributed by atoms with Gasteiger partial charge < -0.3 is 5.11 Å². The van der Waals surface area contributed by atoms with E-state index >= 15 is 0 Å². The van der Waals surface area contributed by atoms with Crippen LogP contribution in [0.3, 0.4) is 0 Å². The molecule has 1 aromatic rings. The summed E-state index contributed by atoms with van der Waals surface area (Å²) >= 11 is 0. The molecule has 3 fully saturated rings. The van der Waals surface area contributed by atoms with Crippen molar-refractivity contribution >= 4 is 0 Å². The molecule has 1 heterocycles. The molecule has 2 aliphatic carbocycles. The third-order valence-corrected chi connectivity index (χ3v) is 7.47. The Morgan fingerprint density at radius 2 is 1.86 bits per heavy atom. The van der Waals surface area contributed by atoms with E-state index in [1.165, 1.54) is 37.8 Å². The Kier molecular flexibility index (Phi) is 2.84. The van der Waals surface area contributed by atoms with Crippen LogP contribution in [0.5, 0.6) is 0 Å². The van der Waals surface area contributed by atoms with Crippen molar-refractivity contribution in [1.82, 2.24) is 4.90 Å². The van der Waals surface area contributed by atoms with Crippen LogP contribution in [-0.4, -0.2) is 29.2 Å². The van der Waals surface area contributed by atoms with Crippen LogP contribution in [0.25, 0.3) is 0 Å². The molecule has 2 heteroatoms. The molecule has 3 aliphatic rings. The van der Waals surface area contributed by atoms with E-state index in [1.54, 1.807) is 0 Å². The molecule has 1 aliphatic heterocycles. The Morgan fingerprint density at radius 3 is 2.38 bits per heavy atom. The summed E-state index contributed by atoms with van der Waals surface area (Å²) in [4.78, 5) is 2.55. The summed E-state index contributed by atoms with van der Waals surface area (Å²) in [6.07, 6.45) is 5.44. The Bertz CT molecular complexity index is 534. The van der Waals surface area contributed by atoms with Gasteiger partial charge >= 0.3 is 0 Å². The van der Waals surface area contributed by atoms with Crippen LogP contribution in [0, 0.1) is 16.2 Å². The van der Waals surface area contributed by atoms with Gasteiger partial charge in [-0.2, -0.15) is 0 Å². The number of nitrogens with zero attached hydrogens (tertiary/aromatic N) is 1. The average molecular weight is 285 g/mol. The van der Waals surface area contributed by atoms with Crippen molar-refractivity contribution in [3.63, 3.8) is 0 Å². The summed E-state index contributed by atoms with van der Waals surface area (Å²) in [7, 11) is 0. The zero-order chi connectivity index (χ0) is 14.7. The summed E-state index contributed by atoms with van der Waals surface area (Å²) in [6, 6.07) is 11.1. The minimum atomic E-state index is 0.306. The topological polar surface area (TPSA) is 23.5 Å². The first kappa shape index (κ1) is 13.8. The van der Waals surface area contributed by atoms with E-state index in [1.807, 2.05) is 0 Å². The SMILES string of the molecule is CC1(C)C2(CCC2)C12C[C@@H](CO)N(Cc1ccccc1)C2. The van der Waals surface area contributed by atoms with Crippen molar-refractivity contribution in [2.24, 2.45) is 16.2 Å². The van der Waals surface area contributed by atoms with Crippen LogP contribution in [0.2, 0.25) is 0 Å². The highest BCUT2D eigenvalue weighted by atomic mass is 16.3. The fraction of sp³-hybridized carbons (Fsp3) is 0.684. The standard InChI is InChI=1S/C19H27NO/c1-17(2)18(9-6-10-18)19(17)11-16(13-21)20(14-19)12-15-7-4-3-5-8-15/h3-5,7-8,16,21H,6,9-14H2,1-2H3/t16-,19?/m0/s1. The van der Waals surface area contributed by atoms with Crippen molar-refractivity contribution in [3.8, 4) is 0 Å². The highest BCUT2D eigenvalue weighted by Crippen LogP contribution is 2.88. The second-order valence-corrected chi connectivity index (χ2v) is 8.07. The Morgan fingerprint density at radius 1 is 1.14 bits per heavy atom. The van der Waals surface area contributed by atoms with Crippen LogP contribution in [0.1, 0.15) is 45.1 Å². The number of aliphatic hydroxyl groups is 1. The van der Waals surface area contributed by atoms with Gasteiger partial charge in [0, 0.05) is 19.1 Å². The van der Waals surface area contributed by atoms with Crippen LogP contribution < -0.4 is 0 Å². The van der Waals surface area contributed by atoms with E-state index in [9.17, 15) is 5.11 Å². The van der Waals surface area contributed by atoms with Crippen molar-refractivity contribution in [1.29, 1.82) is 0 Å². The normalized spacial score (nSPS) is 36.0. The molecule has 21 heavy (non-hydrogen) atoms. The monoisotopic (exact) mass is 285 g/mol. The first-order valence-electron chi connectivity index (χ1n) is 8.45. The lowest BCUT2D eigenvalue weighted by molar-refractivity contribution is 0.152. The molecule has 2 nitrogen and oxygen atoms in total. The summed E-state index contributed by atoms with van der Waals surface area (Å²) in [5, 5.41) is 9.86. The minimum Gasteiger partial charge on any atom is -0.395 e. The molecule has 2 atom stereocenters. The van der Waals surface area contributed by atoms with Gasteiger partial charge in [0.2, 0.25) is 0 Å². The lowest BCUT2D eigenvalue weighted by atomic mass is 9.73. The van der Waals surface area contributed by atoms with Crippen LogP contribution >= 0.6 is 0 Å². The zero-order valence-corrected chi connectivity index (χ0v) is 13.3. The van der Waals surface area contributed by atoms with Gasteiger partial charge in [0.15, 0.2) is 0 Å². The van der Waals surface area contributed by atoms with Gasteiger partial charge in [0.25, 0.3) is 0 Å². The van der Waals surface area contributed by atoms with E-state index in [4.69, 9.17) is 0 Å². The molecule has 0 amide bonds. The van der Waals surface area contributed by atoms with Gasteiger partial charge in [-0.25, -0.2) is 0 Å². The van der Waals surface area contributed by atoms with Crippen LogP contribution in [0.15, 0.2) is 30.3 Å². The van der Waals surface area contributed by atoms with Crippen LogP contribution in [0.4, 0.5) is 0 Å². The molecule has 1 saturated heterocycles. The van der Waals surface area contributed by atoms with Crippen molar-refractivity contribution in [2.45, 2.75) is 52.1 Å². The molecule has 114 valence electrons. The summed E-state index contributed by atoms with van der Waals surface area (Å²) < 4.78 is 0. The van der Waals surface area contributed by atoms with E-state index in [2.05, 4.69) is 49.1 Å². The van der Waals surface area contributed by atoms with Gasteiger partial charge in [-0.05, 0) is 41.1 Å². The predicted octanol–water partition coefficient (Wildman–Crippen LogP) is 3.45. The van der Waals surface area contributed by atoms with Gasteiger partial charge in [-0.1, -0.05) is 50.6 Å². The van der Waals surface area contributed by atoms with Crippen LogP contribution in [-0.2, 0) is 6.54 Å². The van der Waals surface area contributed by atoms with E-state index in [0.29, 0.717) is 28.9 Å². The Balaban J connectivity index is 1.57. The molecule has 1 unspecified atom stereocenters. The summed E-state index contributed by atoms with van der Waals surface area (Å²) in [5.41, 5.74) is 2.91. The second-order valence-electron chi connectivity index (χ2n) is 8.07. The number of benzene rings is 1. The first-order valence-corrected chi connectivity index (χ1v) is 8.45. The zero-order valence-electron chi connectivity index (χ0n) is 13.3. The summed E-state index contributed by atoms with van der Waals surface area (Å²) in [5.74, 6) is 0. The van der Waals surface area contributed by atoms with Crippen molar-refractivity contribution in [3.05, 3.63) is 35.9 Å². The van der Waals surface area contributed by atoms with Crippen molar-refractivity contribution in [2.75, 3.05) is 13.2 Å². The predicted molar refractivity (Wildman–Crippen MR) is 84.8 cm³/mol. The maximum atomic E-state index is 9.86. The number of fused-ring (bicyclic) bond motifs is 1. The molecule has 0 radical (unpaired) electrons. The maximum absolute atomic E-state index is 9.86. The maximum Gasteiger partial charge on any atom is 0.0587 e. The Labute approximate surface area is 128 Å². The van der Waals surface area contributed by atoms with Crippen molar-refractivity contribution < 1.29 is 5.11 Å². The fourth-order valence-corrected chi connectivity index (χ4v) is 5.95. The van der Waals surface area contributed by atoms with Gasteiger partial charge in [-0.3, -0.25) is 4.90 Å². The molecule has 1 N–H and O–H groups in total. The highest BCUT2D eigenvalue weighted by Gasteiger charge is 2.84. The number of hydrogen-bond donors (Lipinski definition) is 1. The molecule has 2 spiro atoms. The molecule has 2 saturated carbocycles. The highest BCUT2D eigenvalue weighted by molar-refractivity contribution is 5.33. The lowest BCUT2D eigenvalue weighted by Gasteiger charge is -2.32. The first-order chi connectivity index (χ1) is 10.1. The fourth-order valence-electron chi connectivity index (χ4n) is 5.95. The lowest BCUT2D eigenvalue weighted by Crippen LogP contribution is -2.32. The summed E-state index contributed by atoms with van der Waals surface area (Å²) in [6.45, 7) is 7.43. The largest absolute Gasteiger partial charge is 0.395 e. The van der Waals surface area contributed by atoms with Gasteiger partial charge in [0.05, 0.1) is 6.61 Å². The number of hydrogen-bond acceptors (Lipinski definition) is 2. The molecule has 1 aromatic carbocycles. The number of likely N-dealkylation sites (tertiary alicyclic amines) is 1. The minimum absolute atomic E-state index is 0.306. The number of aliphatic hydroxyl groups excluding tert-OH is 1. The Hall–Kier alpha value is -0.860. The molecule has 4 rings (SSSR count). The second kappa shape index (κ2) is 4.33. The molecule has 0 aromatic heterocycles. The molecular weight excluding hydrogens is 258 g/mol. The van der Waals surface area contributed by atoms with E-state index in [-0.39, 0.29) is 0 Å². The molecule has 0 bridgehead atoms. The number of rotatable bonds is 3. The van der Waals surface area contributed by atoms with E-state index < -0.39 is 0 Å². The smallest absolute Gasteiger partial charge is 0.0587 e. The third-order valence-electron chi connectivity index (χ3n) is 7.47. The van der Waals surface area contributed by atoms with Gasteiger partial charge in [0.1, 0.15) is 0 Å². The van der Waals surface area contributed by atoms with Gasteiger partial charge in [-0.15, -0.1) is 0 Å². The average Bonchev–Trinajstić information content (AvgIpc) is 2.68. The molecular formula is C19H27NO. The quantitative estimate of drug-likeness (QED) is 0.919. The van der Waals surface area contributed by atoms with E-state index in [0.717, 1.165) is 6.54 Å².